The van der Waals surface area contributed by atoms with Crippen LogP contribution in [0, 0.1) is 12.8 Å². The summed E-state index contributed by atoms with van der Waals surface area (Å²) in [6, 6.07) is -0.651. The molecule has 1 amide bonds. The Morgan fingerprint density at radius 2 is 2.12 bits per heavy atom. The van der Waals surface area contributed by atoms with Crippen molar-refractivity contribution in [1.29, 1.82) is 0 Å². The van der Waals surface area contributed by atoms with E-state index >= 15 is 0 Å². The second kappa shape index (κ2) is 5.47. The fourth-order valence-electron chi connectivity index (χ4n) is 1.42. The molecule has 94 valence electrons. The molecule has 0 fully saturated rings. The summed E-state index contributed by atoms with van der Waals surface area (Å²) in [6.45, 7) is 5.42. The van der Waals surface area contributed by atoms with Crippen LogP contribution in [0.2, 0.25) is 0 Å². The van der Waals surface area contributed by atoms with E-state index < -0.39 is 12.0 Å². The summed E-state index contributed by atoms with van der Waals surface area (Å²) >= 11 is 0. The number of esters is 1. The van der Waals surface area contributed by atoms with E-state index in [0.717, 1.165) is 0 Å². The molecule has 0 bridgehead atoms. The Balaban J connectivity index is 2.78. The summed E-state index contributed by atoms with van der Waals surface area (Å²) in [5.74, 6) is -0.826. The number of carbonyl (C=O) groups excluding carboxylic acids is 2. The Labute approximate surface area is 99.7 Å². The SMILES string of the molecule is COC(=O)[C@@H](NC(=O)c1cn[nH]c1C)C(C)C. The summed E-state index contributed by atoms with van der Waals surface area (Å²) in [6.07, 6.45) is 1.43. The van der Waals surface area contributed by atoms with Gasteiger partial charge in [0.05, 0.1) is 18.9 Å². The number of aryl methyl sites for hydroxylation is 1. The lowest BCUT2D eigenvalue weighted by atomic mass is 10.0. The predicted octanol–water partition coefficient (Wildman–Crippen LogP) is 0.646. The van der Waals surface area contributed by atoms with Gasteiger partial charge in [-0.1, -0.05) is 13.8 Å². The van der Waals surface area contributed by atoms with Gasteiger partial charge in [-0.2, -0.15) is 5.10 Å². The van der Waals surface area contributed by atoms with E-state index in [4.69, 9.17) is 0 Å². The molecule has 0 aromatic carbocycles. The molecule has 0 aliphatic heterocycles. The second-order valence-electron chi connectivity index (χ2n) is 4.13. The third-order valence-corrected chi connectivity index (χ3v) is 2.48. The number of aromatic amines is 1. The molecule has 6 nitrogen and oxygen atoms in total. The number of ether oxygens (including phenoxy) is 1. The third-order valence-electron chi connectivity index (χ3n) is 2.48. The molecule has 0 saturated heterocycles. The van der Waals surface area contributed by atoms with E-state index in [1.165, 1.54) is 13.3 Å². The van der Waals surface area contributed by atoms with E-state index in [-0.39, 0.29) is 11.8 Å². The number of nitrogens with one attached hydrogen (secondary N) is 2. The molecular formula is C11H17N3O3. The van der Waals surface area contributed by atoms with Crippen molar-refractivity contribution in [3.05, 3.63) is 17.5 Å². The largest absolute Gasteiger partial charge is 0.467 e. The molecule has 17 heavy (non-hydrogen) atoms. The fourth-order valence-corrected chi connectivity index (χ4v) is 1.42. The molecule has 0 saturated carbocycles. The third kappa shape index (κ3) is 3.05. The molecule has 1 rings (SSSR count). The van der Waals surface area contributed by atoms with Crippen LogP contribution in [0.1, 0.15) is 29.9 Å². The number of rotatable bonds is 4. The highest BCUT2D eigenvalue weighted by atomic mass is 16.5. The summed E-state index contributed by atoms with van der Waals surface area (Å²) in [5, 5.41) is 9.06. The van der Waals surface area contributed by atoms with Crippen molar-refractivity contribution in [1.82, 2.24) is 15.5 Å². The van der Waals surface area contributed by atoms with Crippen LogP contribution in [-0.2, 0) is 9.53 Å². The Morgan fingerprint density at radius 3 is 2.53 bits per heavy atom. The number of hydrogen-bond acceptors (Lipinski definition) is 4. The smallest absolute Gasteiger partial charge is 0.328 e. The molecule has 0 spiro atoms. The second-order valence-corrected chi connectivity index (χ2v) is 4.13. The zero-order valence-electron chi connectivity index (χ0n) is 10.4. The monoisotopic (exact) mass is 239 g/mol. The Kier molecular flexibility index (Phi) is 4.25. The first kappa shape index (κ1) is 13.2. The number of hydrogen-bond donors (Lipinski definition) is 2. The molecule has 0 aliphatic rings. The summed E-state index contributed by atoms with van der Waals surface area (Å²) in [4.78, 5) is 23.4. The summed E-state index contributed by atoms with van der Waals surface area (Å²) in [7, 11) is 1.30. The number of carbonyl (C=O) groups is 2. The zero-order chi connectivity index (χ0) is 13.0. The molecule has 1 heterocycles. The summed E-state index contributed by atoms with van der Waals surface area (Å²) < 4.78 is 4.65. The maximum Gasteiger partial charge on any atom is 0.328 e. The van der Waals surface area contributed by atoms with Gasteiger partial charge in [0.15, 0.2) is 0 Å². The molecular weight excluding hydrogens is 222 g/mol. The topological polar surface area (TPSA) is 84.1 Å². The molecule has 1 aromatic heterocycles. The van der Waals surface area contributed by atoms with Gasteiger partial charge in [0.25, 0.3) is 5.91 Å². The van der Waals surface area contributed by atoms with Gasteiger partial charge in [-0.25, -0.2) is 4.79 Å². The van der Waals surface area contributed by atoms with Crippen LogP contribution in [0.3, 0.4) is 0 Å². The molecule has 0 aliphatic carbocycles. The van der Waals surface area contributed by atoms with Gasteiger partial charge >= 0.3 is 5.97 Å². The van der Waals surface area contributed by atoms with Crippen LogP contribution in [0.25, 0.3) is 0 Å². The minimum absolute atomic E-state index is 0.0430. The zero-order valence-corrected chi connectivity index (χ0v) is 10.4. The molecule has 1 atom stereocenters. The van der Waals surface area contributed by atoms with Gasteiger partial charge in [-0.15, -0.1) is 0 Å². The maximum atomic E-state index is 11.9. The van der Waals surface area contributed by atoms with Crippen LogP contribution in [-0.4, -0.2) is 35.2 Å². The van der Waals surface area contributed by atoms with Crippen LogP contribution in [0.4, 0.5) is 0 Å². The van der Waals surface area contributed by atoms with Gasteiger partial charge in [0.2, 0.25) is 0 Å². The van der Waals surface area contributed by atoms with E-state index in [1.54, 1.807) is 6.92 Å². The van der Waals surface area contributed by atoms with E-state index in [2.05, 4.69) is 20.3 Å². The lowest BCUT2D eigenvalue weighted by Crippen LogP contribution is -2.45. The first-order chi connectivity index (χ1) is 7.97. The highest BCUT2D eigenvalue weighted by Crippen LogP contribution is 2.07. The van der Waals surface area contributed by atoms with Gasteiger partial charge in [0.1, 0.15) is 6.04 Å². The van der Waals surface area contributed by atoms with Crippen molar-refractivity contribution in [3.63, 3.8) is 0 Å². The van der Waals surface area contributed by atoms with Gasteiger partial charge in [0, 0.05) is 5.69 Å². The highest BCUT2D eigenvalue weighted by molar-refractivity contribution is 5.97. The maximum absolute atomic E-state index is 11.9. The van der Waals surface area contributed by atoms with Crippen molar-refractivity contribution in [2.75, 3.05) is 7.11 Å². The molecule has 2 N–H and O–H groups in total. The Bertz CT molecular complexity index is 412. The van der Waals surface area contributed by atoms with E-state index in [9.17, 15) is 9.59 Å². The first-order valence-corrected chi connectivity index (χ1v) is 5.36. The molecule has 0 radical (unpaired) electrons. The van der Waals surface area contributed by atoms with Crippen LogP contribution < -0.4 is 5.32 Å². The number of nitrogens with zero attached hydrogens (tertiary/aromatic N) is 1. The van der Waals surface area contributed by atoms with Crippen molar-refractivity contribution in [3.8, 4) is 0 Å². The first-order valence-electron chi connectivity index (χ1n) is 5.36. The van der Waals surface area contributed by atoms with Crippen molar-refractivity contribution < 1.29 is 14.3 Å². The fraction of sp³-hybridized carbons (Fsp3) is 0.545. The van der Waals surface area contributed by atoms with Crippen molar-refractivity contribution in [2.24, 2.45) is 5.92 Å². The quantitative estimate of drug-likeness (QED) is 0.755. The average Bonchev–Trinajstić information content (AvgIpc) is 2.70. The summed E-state index contributed by atoms with van der Waals surface area (Å²) in [5.41, 5.74) is 1.09. The molecule has 1 aromatic rings. The van der Waals surface area contributed by atoms with Crippen molar-refractivity contribution >= 4 is 11.9 Å². The minimum Gasteiger partial charge on any atom is -0.467 e. The van der Waals surface area contributed by atoms with Gasteiger partial charge in [-0.05, 0) is 12.8 Å². The number of aromatic nitrogens is 2. The molecule has 0 unspecified atom stereocenters. The van der Waals surface area contributed by atoms with Gasteiger partial charge < -0.3 is 10.1 Å². The normalized spacial score (nSPS) is 12.3. The van der Waals surface area contributed by atoms with Crippen molar-refractivity contribution in [2.45, 2.75) is 26.8 Å². The number of methoxy groups -OCH3 is 1. The van der Waals surface area contributed by atoms with Crippen LogP contribution in [0.5, 0.6) is 0 Å². The standard InChI is InChI=1S/C11H17N3O3/c1-6(2)9(11(16)17-4)13-10(15)8-5-12-14-7(8)3/h5-6,9H,1-4H3,(H,12,14)(H,13,15)/t9-/m0/s1. The van der Waals surface area contributed by atoms with Gasteiger partial charge in [-0.3, -0.25) is 9.89 Å². The molecule has 6 heteroatoms. The lowest BCUT2D eigenvalue weighted by Gasteiger charge is -2.19. The van der Waals surface area contributed by atoms with E-state index in [0.29, 0.717) is 11.3 Å². The number of H-pyrrole nitrogens is 1. The highest BCUT2D eigenvalue weighted by Gasteiger charge is 2.26. The van der Waals surface area contributed by atoms with E-state index in [1.807, 2.05) is 13.8 Å². The minimum atomic E-state index is -0.651. The Morgan fingerprint density at radius 1 is 1.47 bits per heavy atom. The Hall–Kier alpha value is -1.85. The predicted molar refractivity (Wildman–Crippen MR) is 61.4 cm³/mol. The average molecular weight is 239 g/mol. The van der Waals surface area contributed by atoms with Crippen LogP contribution in [0.15, 0.2) is 6.20 Å². The van der Waals surface area contributed by atoms with Crippen LogP contribution >= 0.6 is 0 Å². The lowest BCUT2D eigenvalue weighted by molar-refractivity contribution is -0.144. The number of amides is 1.